The maximum absolute atomic E-state index is 13.1. The molecule has 1 aliphatic heterocycles. The second-order valence-electron chi connectivity index (χ2n) is 22.5. The average Bonchev–Trinajstić information content (AvgIpc) is 3.66. The number of carbonyl (C=O) groups excluding carboxylic acids is 1. The van der Waals surface area contributed by atoms with Crippen LogP contribution in [0.5, 0.6) is 0 Å². The van der Waals surface area contributed by atoms with Crippen molar-refractivity contribution in [1.82, 2.24) is 5.32 Å². The van der Waals surface area contributed by atoms with E-state index in [2.05, 4.69) is 177 Å². The second kappa shape index (κ2) is 62.6. The minimum Gasteiger partial charge on any atom is -0.394 e. The number of nitrogens with one attached hydrogen (secondary N) is 1. The Morgan fingerprint density at radius 2 is 0.741 bits per heavy atom. The van der Waals surface area contributed by atoms with Gasteiger partial charge in [0.2, 0.25) is 5.91 Å². The summed E-state index contributed by atoms with van der Waals surface area (Å²) >= 11 is 0. The van der Waals surface area contributed by atoms with Gasteiger partial charge in [0.1, 0.15) is 24.4 Å². The van der Waals surface area contributed by atoms with Crippen molar-refractivity contribution in [3.8, 4) is 0 Å². The lowest BCUT2D eigenvalue weighted by Crippen LogP contribution is -2.60. The van der Waals surface area contributed by atoms with Gasteiger partial charge in [-0.15, -0.1) is 0 Å². The molecule has 1 rings (SSSR count). The molecule has 7 unspecified atom stereocenters. The molecular formula is C76H123NO8. The highest BCUT2D eigenvalue weighted by Crippen LogP contribution is 2.23. The van der Waals surface area contributed by atoms with Crippen molar-refractivity contribution >= 4 is 5.91 Å². The predicted octanol–water partition coefficient (Wildman–Crippen LogP) is 18.5. The fourth-order valence-corrected chi connectivity index (χ4v) is 9.51. The summed E-state index contributed by atoms with van der Waals surface area (Å²) in [6, 6.07) is -0.860. The van der Waals surface area contributed by atoms with Crippen molar-refractivity contribution in [3.05, 3.63) is 170 Å². The summed E-state index contributed by atoms with van der Waals surface area (Å²) in [5.74, 6) is -0.234. The highest BCUT2D eigenvalue weighted by molar-refractivity contribution is 5.76. The minimum absolute atomic E-state index is 0.229. The Morgan fingerprint density at radius 1 is 0.412 bits per heavy atom. The Balaban J connectivity index is 2.24. The van der Waals surface area contributed by atoms with Crippen LogP contribution in [-0.4, -0.2) is 87.5 Å². The van der Waals surface area contributed by atoms with Gasteiger partial charge in [-0.25, -0.2) is 0 Å². The van der Waals surface area contributed by atoms with Gasteiger partial charge in [0.05, 0.1) is 25.4 Å². The molecule has 0 aromatic heterocycles. The number of aliphatic hydroxyl groups excluding tert-OH is 5. The van der Waals surface area contributed by atoms with Crippen LogP contribution in [0.4, 0.5) is 0 Å². The highest BCUT2D eigenvalue weighted by atomic mass is 16.7. The summed E-state index contributed by atoms with van der Waals surface area (Å²) < 4.78 is 11.3. The Hall–Kier alpha value is -4.45. The third-order valence-corrected chi connectivity index (χ3v) is 14.8. The smallest absolute Gasteiger partial charge is 0.220 e. The molecule has 0 aromatic rings. The third kappa shape index (κ3) is 51.3. The monoisotopic (exact) mass is 1180 g/mol. The van der Waals surface area contributed by atoms with Crippen molar-refractivity contribution in [2.45, 2.75) is 288 Å². The summed E-state index contributed by atoms with van der Waals surface area (Å²) in [5, 5.41) is 54.6. The molecule has 85 heavy (non-hydrogen) atoms. The van der Waals surface area contributed by atoms with E-state index < -0.39 is 49.5 Å². The van der Waals surface area contributed by atoms with E-state index in [1.165, 1.54) is 109 Å². The molecule has 6 N–H and O–H groups in total. The number of amides is 1. The van der Waals surface area contributed by atoms with E-state index in [1.807, 2.05) is 6.08 Å². The average molecular weight is 1180 g/mol. The van der Waals surface area contributed by atoms with E-state index in [0.29, 0.717) is 6.42 Å². The largest absolute Gasteiger partial charge is 0.394 e. The first-order valence-corrected chi connectivity index (χ1v) is 33.9. The molecule has 0 spiro atoms. The lowest BCUT2D eigenvalue weighted by Gasteiger charge is -2.40. The number of carbonyl (C=O) groups is 1. The predicted molar refractivity (Wildman–Crippen MR) is 363 cm³/mol. The van der Waals surface area contributed by atoms with Gasteiger partial charge < -0.3 is 40.3 Å². The van der Waals surface area contributed by atoms with E-state index in [4.69, 9.17) is 9.47 Å². The van der Waals surface area contributed by atoms with Crippen LogP contribution in [-0.2, 0) is 14.3 Å². The summed E-state index contributed by atoms with van der Waals surface area (Å²) in [5.41, 5.74) is 0. The molecule has 0 aromatic carbocycles. The van der Waals surface area contributed by atoms with Crippen LogP contribution >= 0.6 is 0 Å². The number of ether oxygens (including phenoxy) is 2. The van der Waals surface area contributed by atoms with Gasteiger partial charge in [0, 0.05) is 6.42 Å². The molecule has 1 amide bonds. The molecule has 1 aliphatic rings. The van der Waals surface area contributed by atoms with Gasteiger partial charge >= 0.3 is 0 Å². The van der Waals surface area contributed by atoms with Gasteiger partial charge in [-0.1, -0.05) is 287 Å². The summed E-state index contributed by atoms with van der Waals surface area (Å²) in [7, 11) is 0. The van der Waals surface area contributed by atoms with E-state index >= 15 is 0 Å². The molecule has 1 heterocycles. The molecule has 0 saturated carbocycles. The molecule has 1 fully saturated rings. The zero-order valence-corrected chi connectivity index (χ0v) is 53.5. The van der Waals surface area contributed by atoms with Crippen molar-refractivity contribution in [2.24, 2.45) is 0 Å². The van der Waals surface area contributed by atoms with Crippen LogP contribution in [0.15, 0.2) is 170 Å². The molecule has 0 radical (unpaired) electrons. The van der Waals surface area contributed by atoms with Gasteiger partial charge in [0.15, 0.2) is 6.29 Å². The molecular weight excluding hydrogens is 1050 g/mol. The molecule has 9 heteroatoms. The van der Waals surface area contributed by atoms with Gasteiger partial charge in [-0.2, -0.15) is 0 Å². The van der Waals surface area contributed by atoms with Crippen LogP contribution in [0.1, 0.15) is 245 Å². The molecule has 0 aliphatic carbocycles. The zero-order chi connectivity index (χ0) is 61.4. The fourth-order valence-electron chi connectivity index (χ4n) is 9.51. The number of allylic oxidation sites excluding steroid dienone is 27. The van der Waals surface area contributed by atoms with Gasteiger partial charge in [0.25, 0.3) is 0 Å². The maximum Gasteiger partial charge on any atom is 0.220 e. The first kappa shape index (κ1) is 78.6. The molecule has 1 saturated heterocycles. The third-order valence-electron chi connectivity index (χ3n) is 14.8. The molecule has 0 bridgehead atoms. The topological polar surface area (TPSA) is 149 Å². The SMILES string of the molecule is CC/C=C\C/C=C\C/C=C\C/C=C\C/C=C\C/C=C\C/C=C\C/C=C\C/C=C\C/C=C\C/C=C\C/C=C\CCCCC(=O)NC(COC1OC(CO)C(O)C(O)C1O)C(O)/C=C/CC/C=C/CCCCCCCCCCCCCCCCCCC. The van der Waals surface area contributed by atoms with Crippen LogP contribution < -0.4 is 5.32 Å². The zero-order valence-electron chi connectivity index (χ0n) is 53.5. The summed E-state index contributed by atoms with van der Waals surface area (Å²) in [6.45, 7) is 3.63. The van der Waals surface area contributed by atoms with Gasteiger partial charge in [-0.05, 0) is 122 Å². The Bertz CT molecular complexity index is 1950. The number of aliphatic hydroxyl groups is 5. The Labute approximate surface area is 519 Å². The summed E-state index contributed by atoms with van der Waals surface area (Å²) in [6.07, 6.45) is 93.0. The highest BCUT2D eigenvalue weighted by Gasteiger charge is 2.44. The van der Waals surface area contributed by atoms with Crippen LogP contribution in [0.2, 0.25) is 0 Å². The number of hydrogen-bond donors (Lipinski definition) is 6. The lowest BCUT2D eigenvalue weighted by molar-refractivity contribution is -0.302. The molecule has 9 nitrogen and oxygen atoms in total. The first-order chi connectivity index (χ1) is 41.8. The van der Waals surface area contributed by atoms with Crippen molar-refractivity contribution in [3.63, 3.8) is 0 Å². The number of rotatable bonds is 56. The summed E-state index contributed by atoms with van der Waals surface area (Å²) in [4.78, 5) is 13.1. The number of hydrogen-bond acceptors (Lipinski definition) is 8. The van der Waals surface area contributed by atoms with Crippen LogP contribution in [0, 0.1) is 0 Å². The molecule has 480 valence electrons. The van der Waals surface area contributed by atoms with E-state index in [1.54, 1.807) is 6.08 Å². The van der Waals surface area contributed by atoms with Crippen molar-refractivity contribution in [2.75, 3.05) is 13.2 Å². The maximum atomic E-state index is 13.1. The van der Waals surface area contributed by atoms with Crippen LogP contribution in [0.3, 0.4) is 0 Å². The number of unbranched alkanes of at least 4 members (excludes halogenated alkanes) is 20. The lowest BCUT2D eigenvalue weighted by atomic mass is 9.99. The molecule has 7 atom stereocenters. The van der Waals surface area contributed by atoms with E-state index in [-0.39, 0.29) is 18.9 Å². The normalized spacial score (nSPS) is 19.3. The minimum atomic E-state index is -1.59. The standard InChI is InChI=1S/C76H123NO8/c1-3-5-7-9-11-13-15-17-19-21-23-25-27-28-29-30-31-32-33-34-35-36-37-38-39-40-41-42-44-46-48-50-52-54-56-58-60-62-64-66-72(80)77-69(68-84-76-75(83)74(82)73(81)71(67-78)85-76)70(79)65-63-61-59-57-55-53-51-49-47-45-43-26-24-22-20-18-16-14-12-10-8-6-4-2/h5,7,11,13,17,19,23,25,28-29,31-32,34-35,37-38,40-41,44,46,50,52,55-58,63,65,69-71,73-76,78-79,81-83H,3-4,6,8-10,12,14-16,18,20-22,24,26-27,30,33,36,39,42-43,45,47-49,51,53-54,59-62,64,66-68H2,1-2H3,(H,77,80)/b7-5-,13-11-,19-17-,25-23-,29-28-,32-31-,35-34-,38-37-,41-40-,46-44-,52-50-,57-55+,58-56-,65-63+. The van der Waals surface area contributed by atoms with Crippen molar-refractivity contribution in [1.29, 1.82) is 0 Å². The van der Waals surface area contributed by atoms with Gasteiger partial charge in [-0.3, -0.25) is 4.79 Å². The fraction of sp³-hybridized carbons (Fsp3) is 0.618. The quantitative estimate of drug-likeness (QED) is 0.0261. The van der Waals surface area contributed by atoms with E-state index in [0.717, 1.165) is 109 Å². The Kier molecular flexibility index (Phi) is 57.9. The second-order valence-corrected chi connectivity index (χ2v) is 22.5. The van der Waals surface area contributed by atoms with Crippen LogP contribution in [0.25, 0.3) is 0 Å². The Morgan fingerprint density at radius 3 is 1.13 bits per heavy atom. The van der Waals surface area contributed by atoms with E-state index in [9.17, 15) is 30.3 Å². The van der Waals surface area contributed by atoms with Crippen molar-refractivity contribution < 1.29 is 39.8 Å². The first-order valence-electron chi connectivity index (χ1n) is 33.9.